The molecule has 3 N–H and O–H groups in total. The van der Waals surface area contributed by atoms with Gasteiger partial charge in [0.05, 0.1) is 23.1 Å². The number of carboxylic acids is 1. The van der Waals surface area contributed by atoms with Crippen LogP contribution in [0.1, 0.15) is 28.2 Å². The van der Waals surface area contributed by atoms with Gasteiger partial charge in [0, 0.05) is 6.42 Å². The molecule has 5 nitrogen and oxygen atoms in total. The highest BCUT2D eigenvalue weighted by Crippen LogP contribution is 2.20. The van der Waals surface area contributed by atoms with Crippen LogP contribution in [0.15, 0.2) is 48.5 Å². The number of carbonyl (C=O) groups is 1. The number of nitrogens with zero attached hydrogens (tertiary/aromatic N) is 2. The van der Waals surface area contributed by atoms with Gasteiger partial charge in [0.1, 0.15) is 5.82 Å². The van der Waals surface area contributed by atoms with Gasteiger partial charge in [0.25, 0.3) is 0 Å². The van der Waals surface area contributed by atoms with Crippen molar-refractivity contribution in [1.82, 2.24) is 9.55 Å². The summed E-state index contributed by atoms with van der Waals surface area (Å²) >= 11 is 0. The standard InChI is InChI=1S/C18H19N3O2/c19-11-5-10-17-20-15-8-3-4-9-16(15)21(17)12-13-6-1-2-7-14(13)18(22)23/h1-4,6-9H,5,10-12,19H2,(H,22,23). The van der Waals surface area contributed by atoms with Crippen molar-refractivity contribution in [2.75, 3.05) is 6.54 Å². The number of rotatable bonds is 6. The molecule has 0 saturated heterocycles. The molecule has 3 aromatic rings. The second-order valence-electron chi connectivity index (χ2n) is 5.46. The predicted molar refractivity (Wildman–Crippen MR) is 89.6 cm³/mol. The van der Waals surface area contributed by atoms with Crippen LogP contribution in [0, 0.1) is 0 Å². The number of para-hydroxylation sites is 2. The van der Waals surface area contributed by atoms with E-state index in [0.717, 1.165) is 35.3 Å². The fourth-order valence-corrected chi connectivity index (χ4v) is 2.79. The molecule has 5 heteroatoms. The first kappa shape index (κ1) is 15.2. The molecule has 0 atom stereocenters. The lowest BCUT2D eigenvalue weighted by molar-refractivity contribution is 0.0695. The number of hydrogen-bond donors (Lipinski definition) is 2. The summed E-state index contributed by atoms with van der Waals surface area (Å²) in [6.07, 6.45) is 1.63. The molecule has 0 spiro atoms. The van der Waals surface area contributed by atoms with Crippen molar-refractivity contribution < 1.29 is 9.90 Å². The number of fused-ring (bicyclic) bond motifs is 1. The molecule has 2 aromatic carbocycles. The van der Waals surface area contributed by atoms with E-state index >= 15 is 0 Å². The highest BCUT2D eigenvalue weighted by Gasteiger charge is 2.14. The molecular weight excluding hydrogens is 290 g/mol. The van der Waals surface area contributed by atoms with Gasteiger partial charge in [0.2, 0.25) is 0 Å². The Morgan fingerprint density at radius 2 is 1.87 bits per heavy atom. The van der Waals surface area contributed by atoms with E-state index in [1.165, 1.54) is 0 Å². The summed E-state index contributed by atoms with van der Waals surface area (Å²) in [5.41, 5.74) is 8.66. The fraction of sp³-hybridized carbons (Fsp3) is 0.222. The van der Waals surface area contributed by atoms with Crippen LogP contribution in [0.2, 0.25) is 0 Å². The van der Waals surface area contributed by atoms with Crippen LogP contribution in [0.3, 0.4) is 0 Å². The topological polar surface area (TPSA) is 81.1 Å². The summed E-state index contributed by atoms with van der Waals surface area (Å²) in [5, 5.41) is 9.38. The second kappa shape index (κ2) is 6.62. The lowest BCUT2D eigenvalue weighted by Gasteiger charge is -2.11. The number of aryl methyl sites for hydroxylation is 1. The van der Waals surface area contributed by atoms with Crippen LogP contribution in [0.25, 0.3) is 11.0 Å². The van der Waals surface area contributed by atoms with Crippen molar-refractivity contribution >= 4 is 17.0 Å². The quantitative estimate of drug-likeness (QED) is 0.733. The van der Waals surface area contributed by atoms with Crippen molar-refractivity contribution in [1.29, 1.82) is 0 Å². The van der Waals surface area contributed by atoms with E-state index < -0.39 is 5.97 Å². The maximum absolute atomic E-state index is 11.4. The first-order valence-electron chi connectivity index (χ1n) is 7.66. The highest BCUT2D eigenvalue weighted by atomic mass is 16.4. The smallest absolute Gasteiger partial charge is 0.336 e. The van der Waals surface area contributed by atoms with E-state index in [4.69, 9.17) is 5.73 Å². The van der Waals surface area contributed by atoms with Crippen LogP contribution in [0.5, 0.6) is 0 Å². The third kappa shape index (κ3) is 3.10. The Kier molecular flexibility index (Phi) is 4.39. The van der Waals surface area contributed by atoms with Gasteiger partial charge < -0.3 is 15.4 Å². The van der Waals surface area contributed by atoms with Gasteiger partial charge >= 0.3 is 5.97 Å². The van der Waals surface area contributed by atoms with Crippen LogP contribution in [-0.2, 0) is 13.0 Å². The third-order valence-electron chi connectivity index (χ3n) is 3.91. The summed E-state index contributed by atoms with van der Waals surface area (Å²) in [5.74, 6) is 0.0328. The van der Waals surface area contributed by atoms with E-state index in [9.17, 15) is 9.90 Å². The molecule has 3 rings (SSSR count). The maximum atomic E-state index is 11.4. The van der Waals surface area contributed by atoms with Crippen molar-refractivity contribution in [3.63, 3.8) is 0 Å². The molecule has 23 heavy (non-hydrogen) atoms. The van der Waals surface area contributed by atoms with E-state index in [1.807, 2.05) is 36.4 Å². The molecule has 0 amide bonds. The molecular formula is C18H19N3O2. The zero-order valence-electron chi connectivity index (χ0n) is 12.8. The van der Waals surface area contributed by atoms with E-state index in [1.54, 1.807) is 12.1 Å². The van der Waals surface area contributed by atoms with Gasteiger partial charge in [-0.25, -0.2) is 9.78 Å². The summed E-state index contributed by atoms with van der Waals surface area (Å²) in [4.78, 5) is 16.1. The van der Waals surface area contributed by atoms with Crippen molar-refractivity contribution in [2.24, 2.45) is 5.73 Å². The van der Waals surface area contributed by atoms with Gasteiger partial charge in [-0.2, -0.15) is 0 Å². The Bertz CT molecular complexity index is 839. The van der Waals surface area contributed by atoms with Crippen LogP contribution in [0.4, 0.5) is 0 Å². The van der Waals surface area contributed by atoms with Crippen LogP contribution >= 0.6 is 0 Å². The predicted octanol–water partition coefficient (Wildman–Crippen LogP) is 2.67. The second-order valence-corrected chi connectivity index (χ2v) is 5.46. The number of nitrogens with two attached hydrogens (primary N) is 1. The van der Waals surface area contributed by atoms with Gasteiger partial charge in [-0.1, -0.05) is 30.3 Å². The SMILES string of the molecule is NCCCc1nc2ccccc2n1Cc1ccccc1C(=O)O. The molecule has 0 bridgehead atoms. The van der Waals surface area contributed by atoms with E-state index in [2.05, 4.69) is 9.55 Å². The largest absolute Gasteiger partial charge is 0.478 e. The summed E-state index contributed by atoms with van der Waals surface area (Å²) in [6.45, 7) is 1.10. The molecule has 0 aliphatic heterocycles. The van der Waals surface area contributed by atoms with Gasteiger partial charge in [-0.05, 0) is 36.7 Å². The first-order chi connectivity index (χ1) is 11.2. The Balaban J connectivity index is 2.06. The molecule has 1 aromatic heterocycles. The Hall–Kier alpha value is -2.66. The van der Waals surface area contributed by atoms with Crippen LogP contribution < -0.4 is 5.73 Å². The highest BCUT2D eigenvalue weighted by molar-refractivity contribution is 5.89. The average molecular weight is 309 g/mol. The average Bonchev–Trinajstić information content (AvgIpc) is 2.91. The number of benzene rings is 2. The van der Waals surface area contributed by atoms with E-state index in [-0.39, 0.29) is 0 Å². The number of aromatic nitrogens is 2. The Labute approximate surface area is 134 Å². The summed E-state index contributed by atoms with van der Waals surface area (Å²) in [6, 6.07) is 15.0. The molecule has 0 saturated carbocycles. The fourth-order valence-electron chi connectivity index (χ4n) is 2.79. The Morgan fingerprint density at radius 1 is 1.13 bits per heavy atom. The lowest BCUT2D eigenvalue weighted by atomic mass is 10.1. The minimum Gasteiger partial charge on any atom is -0.478 e. The minimum atomic E-state index is -0.909. The number of carboxylic acid groups (broad SMARTS) is 1. The number of aromatic carboxylic acids is 1. The Morgan fingerprint density at radius 3 is 2.65 bits per heavy atom. The van der Waals surface area contributed by atoms with Gasteiger partial charge in [0.15, 0.2) is 0 Å². The van der Waals surface area contributed by atoms with Crippen molar-refractivity contribution in [2.45, 2.75) is 19.4 Å². The summed E-state index contributed by atoms with van der Waals surface area (Å²) < 4.78 is 2.09. The molecule has 0 unspecified atom stereocenters. The molecule has 1 heterocycles. The normalized spacial score (nSPS) is 11.0. The first-order valence-corrected chi connectivity index (χ1v) is 7.66. The maximum Gasteiger partial charge on any atom is 0.336 e. The molecule has 0 fully saturated rings. The zero-order chi connectivity index (χ0) is 16.2. The van der Waals surface area contributed by atoms with Crippen molar-refractivity contribution in [3.8, 4) is 0 Å². The molecule has 0 aliphatic rings. The summed E-state index contributed by atoms with van der Waals surface area (Å²) in [7, 11) is 0. The van der Waals surface area contributed by atoms with E-state index in [0.29, 0.717) is 18.7 Å². The number of imidazole rings is 1. The zero-order valence-corrected chi connectivity index (χ0v) is 12.8. The minimum absolute atomic E-state index is 0.329. The number of hydrogen-bond acceptors (Lipinski definition) is 3. The molecule has 0 radical (unpaired) electrons. The van der Waals surface area contributed by atoms with Crippen LogP contribution in [-0.4, -0.2) is 27.2 Å². The van der Waals surface area contributed by atoms with Gasteiger partial charge in [-0.15, -0.1) is 0 Å². The third-order valence-corrected chi connectivity index (χ3v) is 3.91. The monoisotopic (exact) mass is 309 g/mol. The van der Waals surface area contributed by atoms with Gasteiger partial charge in [-0.3, -0.25) is 0 Å². The molecule has 0 aliphatic carbocycles. The molecule has 118 valence electrons. The van der Waals surface area contributed by atoms with Crippen molar-refractivity contribution in [3.05, 3.63) is 65.5 Å². The lowest BCUT2D eigenvalue weighted by Crippen LogP contribution is -2.11.